The Bertz CT molecular complexity index is 134. The molecule has 0 aliphatic rings. The molecule has 0 fully saturated rings. The van der Waals surface area contributed by atoms with Crippen LogP contribution in [0.3, 0.4) is 0 Å². The Labute approximate surface area is 91.6 Å². The first-order valence-electron chi connectivity index (χ1n) is 3.85. The molecule has 13 heavy (non-hydrogen) atoms. The number of amides is 1. The van der Waals surface area contributed by atoms with E-state index in [0.29, 0.717) is 26.4 Å². The molecule has 0 spiro atoms. The minimum atomic E-state index is -0.141. The van der Waals surface area contributed by atoms with E-state index in [1.165, 1.54) is 0 Å². The van der Waals surface area contributed by atoms with E-state index >= 15 is 0 Å². The fourth-order valence-corrected chi connectivity index (χ4v) is 0.710. The van der Waals surface area contributed by atoms with Crippen LogP contribution in [-0.2, 0) is 19.0 Å². The van der Waals surface area contributed by atoms with Crippen LogP contribution in [0.2, 0.25) is 0 Å². The van der Waals surface area contributed by atoms with Crippen molar-refractivity contribution in [3.05, 3.63) is 0 Å². The largest absolute Gasteiger partial charge is 0.382 e. The van der Waals surface area contributed by atoms with Crippen molar-refractivity contribution in [1.29, 1.82) is 0 Å². The highest BCUT2D eigenvalue weighted by atomic mass is 127. The van der Waals surface area contributed by atoms with Crippen LogP contribution in [0.1, 0.15) is 0 Å². The summed E-state index contributed by atoms with van der Waals surface area (Å²) in [4.78, 5) is 10.6. The van der Waals surface area contributed by atoms with Gasteiger partial charge in [0.2, 0.25) is 0 Å². The third-order valence-electron chi connectivity index (χ3n) is 1.14. The summed E-state index contributed by atoms with van der Waals surface area (Å²) >= 11 is 1.77. The zero-order valence-corrected chi connectivity index (χ0v) is 9.70. The van der Waals surface area contributed by atoms with Crippen LogP contribution in [-0.4, -0.2) is 46.1 Å². The summed E-state index contributed by atoms with van der Waals surface area (Å²) in [5.41, 5.74) is 0. The fourth-order valence-electron chi connectivity index (χ4n) is 0.554. The number of hydrogen-bond acceptors (Lipinski definition) is 4. The van der Waals surface area contributed by atoms with Gasteiger partial charge in [0.1, 0.15) is 6.61 Å². The summed E-state index contributed by atoms with van der Waals surface area (Å²) in [5, 5.41) is 0. The van der Waals surface area contributed by atoms with Gasteiger partial charge in [-0.15, -0.1) is 0 Å². The van der Waals surface area contributed by atoms with Gasteiger partial charge in [-0.1, -0.05) is 0 Å². The predicted octanol–water partition coefficient (Wildman–Crippen LogP) is 0.132. The lowest BCUT2D eigenvalue weighted by Gasteiger charge is -2.03. The third kappa shape index (κ3) is 10.00. The standard InChI is InChI=1S/C7H14INO4/c1-11-2-3-12-4-5-13-6-7(10)9-8/h2-6H2,1H3,(H,9,10). The van der Waals surface area contributed by atoms with Crippen molar-refractivity contribution in [3.8, 4) is 0 Å². The van der Waals surface area contributed by atoms with E-state index in [1.807, 2.05) is 0 Å². The quantitative estimate of drug-likeness (QED) is 0.393. The molecular formula is C7H14INO4. The van der Waals surface area contributed by atoms with Crippen molar-refractivity contribution in [3.63, 3.8) is 0 Å². The molecular weight excluding hydrogens is 289 g/mol. The number of methoxy groups -OCH3 is 1. The molecule has 1 N–H and O–H groups in total. The van der Waals surface area contributed by atoms with Crippen LogP contribution in [0.5, 0.6) is 0 Å². The second kappa shape index (κ2) is 10.2. The van der Waals surface area contributed by atoms with E-state index in [1.54, 1.807) is 30.0 Å². The molecule has 0 aromatic carbocycles. The van der Waals surface area contributed by atoms with Gasteiger partial charge in [0.25, 0.3) is 5.91 Å². The lowest BCUT2D eigenvalue weighted by Crippen LogP contribution is -2.20. The lowest BCUT2D eigenvalue weighted by atomic mass is 10.6. The third-order valence-corrected chi connectivity index (χ3v) is 1.74. The summed E-state index contributed by atoms with van der Waals surface area (Å²) < 4.78 is 17.3. The molecule has 5 nitrogen and oxygen atoms in total. The molecule has 1 amide bonds. The fraction of sp³-hybridized carbons (Fsp3) is 0.857. The zero-order valence-electron chi connectivity index (χ0n) is 7.55. The Morgan fingerprint density at radius 1 is 1.23 bits per heavy atom. The first kappa shape index (κ1) is 13.1. The van der Waals surface area contributed by atoms with Gasteiger partial charge < -0.3 is 14.2 Å². The molecule has 0 radical (unpaired) electrons. The number of halogens is 1. The van der Waals surface area contributed by atoms with Crippen molar-refractivity contribution < 1.29 is 19.0 Å². The number of rotatable bonds is 8. The van der Waals surface area contributed by atoms with Gasteiger partial charge in [-0.2, -0.15) is 0 Å². The smallest absolute Gasteiger partial charge is 0.254 e. The predicted molar refractivity (Wildman–Crippen MR) is 55.7 cm³/mol. The molecule has 0 rings (SSSR count). The van der Waals surface area contributed by atoms with E-state index in [2.05, 4.69) is 3.53 Å². The van der Waals surface area contributed by atoms with Crippen LogP contribution < -0.4 is 3.53 Å². The molecule has 0 unspecified atom stereocenters. The first-order chi connectivity index (χ1) is 6.31. The molecule has 0 atom stereocenters. The highest BCUT2D eigenvalue weighted by molar-refractivity contribution is 14.1. The van der Waals surface area contributed by atoms with Crippen LogP contribution in [0, 0.1) is 0 Å². The second-order valence-corrected chi connectivity index (χ2v) is 2.71. The Balaban J connectivity index is 2.95. The summed E-state index contributed by atoms with van der Waals surface area (Å²) in [6.45, 7) is 2.12. The van der Waals surface area contributed by atoms with Gasteiger partial charge >= 0.3 is 0 Å². The number of nitrogens with one attached hydrogen (secondary N) is 1. The van der Waals surface area contributed by atoms with Crippen molar-refractivity contribution >= 4 is 28.8 Å². The highest BCUT2D eigenvalue weighted by Crippen LogP contribution is 1.81. The van der Waals surface area contributed by atoms with E-state index in [9.17, 15) is 4.79 Å². The molecule has 6 heteroatoms. The maximum Gasteiger partial charge on any atom is 0.254 e. The molecule has 0 aromatic heterocycles. The van der Waals surface area contributed by atoms with Crippen LogP contribution in [0.25, 0.3) is 0 Å². The topological polar surface area (TPSA) is 56.8 Å². The van der Waals surface area contributed by atoms with E-state index in [4.69, 9.17) is 14.2 Å². The van der Waals surface area contributed by atoms with Gasteiger partial charge in [0.05, 0.1) is 49.3 Å². The minimum Gasteiger partial charge on any atom is -0.382 e. The molecule has 0 aliphatic heterocycles. The number of ether oxygens (including phenoxy) is 3. The SMILES string of the molecule is COCCOCCOCC(=O)NI. The Morgan fingerprint density at radius 2 is 1.85 bits per heavy atom. The van der Waals surface area contributed by atoms with Gasteiger partial charge in [-0.25, -0.2) is 0 Å². The Morgan fingerprint density at radius 3 is 2.46 bits per heavy atom. The van der Waals surface area contributed by atoms with Crippen LogP contribution in [0.4, 0.5) is 0 Å². The molecule has 0 saturated carbocycles. The monoisotopic (exact) mass is 303 g/mol. The van der Waals surface area contributed by atoms with E-state index < -0.39 is 0 Å². The van der Waals surface area contributed by atoms with Crippen molar-refractivity contribution in [2.75, 3.05) is 40.1 Å². The molecule has 0 bridgehead atoms. The normalized spacial score (nSPS) is 10.0. The second-order valence-electron chi connectivity index (χ2n) is 2.18. The maximum atomic E-state index is 10.6. The van der Waals surface area contributed by atoms with E-state index in [0.717, 1.165) is 0 Å². The van der Waals surface area contributed by atoms with Gasteiger partial charge in [-0.3, -0.25) is 8.32 Å². The summed E-state index contributed by atoms with van der Waals surface area (Å²) in [7, 11) is 1.62. The van der Waals surface area contributed by atoms with E-state index in [-0.39, 0.29) is 12.5 Å². The van der Waals surface area contributed by atoms with Crippen LogP contribution >= 0.6 is 22.9 Å². The molecule has 0 aromatic rings. The Kier molecular flexibility index (Phi) is 10.2. The van der Waals surface area contributed by atoms with Crippen molar-refractivity contribution in [1.82, 2.24) is 3.53 Å². The molecule has 0 saturated heterocycles. The number of hydrogen-bond donors (Lipinski definition) is 1. The minimum absolute atomic E-state index is 0.0799. The molecule has 0 heterocycles. The highest BCUT2D eigenvalue weighted by Gasteiger charge is 1.97. The van der Waals surface area contributed by atoms with Crippen molar-refractivity contribution in [2.45, 2.75) is 0 Å². The Hall–Kier alpha value is 0.0800. The lowest BCUT2D eigenvalue weighted by molar-refractivity contribution is -0.123. The first-order valence-corrected chi connectivity index (χ1v) is 4.93. The average Bonchev–Trinajstić information content (AvgIpc) is 2.16. The molecule has 0 aliphatic carbocycles. The summed E-state index contributed by atoms with van der Waals surface area (Å²) in [6.07, 6.45) is 0. The maximum absolute atomic E-state index is 10.6. The van der Waals surface area contributed by atoms with Gasteiger partial charge in [0, 0.05) is 7.11 Å². The summed E-state index contributed by atoms with van der Waals surface area (Å²) in [6, 6.07) is 0. The van der Waals surface area contributed by atoms with Crippen molar-refractivity contribution in [2.24, 2.45) is 0 Å². The molecule has 78 valence electrons. The average molecular weight is 303 g/mol. The number of carbonyl (C=O) groups is 1. The van der Waals surface area contributed by atoms with Crippen LogP contribution in [0.15, 0.2) is 0 Å². The number of carbonyl (C=O) groups excluding carboxylic acids is 1. The summed E-state index contributed by atoms with van der Waals surface area (Å²) in [5.74, 6) is -0.141. The van der Waals surface area contributed by atoms with Gasteiger partial charge in [-0.05, 0) is 0 Å². The van der Waals surface area contributed by atoms with Gasteiger partial charge in [0.15, 0.2) is 0 Å². The zero-order chi connectivity index (χ0) is 9.94.